The Labute approximate surface area is 205 Å². The van der Waals surface area contributed by atoms with Crippen molar-refractivity contribution in [2.75, 3.05) is 23.7 Å². The van der Waals surface area contributed by atoms with Crippen molar-refractivity contribution in [3.8, 4) is 11.6 Å². The lowest BCUT2D eigenvalue weighted by Crippen LogP contribution is -2.29. The van der Waals surface area contributed by atoms with Crippen LogP contribution in [0.3, 0.4) is 0 Å². The molecule has 1 aliphatic rings. The average molecular weight is 506 g/mol. The Morgan fingerprint density at radius 3 is 2.37 bits per heavy atom. The number of ether oxygens (including phenoxy) is 1. The normalized spacial score (nSPS) is 14.4. The molecule has 35 heavy (non-hydrogen) atoms. The molecule has 7 nitrogen and oxygen atoms in total. The zero-order valence-electron chi connectivity index (χ0n) is 18.6. The Balaban J connectivity index is 1.41. The van der Waals surface area contributed by atoms with Gasteiger partial charge in [-0.25, -0.2) is 14.8 Å². The Morgan fingerprint density at radius 1 is 0.971 bits per heavy atom. The maximum Gasteiger partial charge on any atom is 0.416 e. The Hall–Kier alpha value is -3.37. The lowest BCUT2D eigenvalue weighted by atomic mass is 10.1. The van der Waals surface area contributed by atoms with Crippen LogP contribution in [0.2, 0.25) is 5.15 Å². The number of hydrogen-bond acceptors (Lipinski definition) is 5. The number of likely N-dealkylation sites (tertiary alicyclic amines) is 1. The molecule has 0 unspecified atom stereocenters. The maximum absolute atomic E-state index is 13.5. The summed E-state index contributed by atoms with van der Waals surface area (Å²) in [6.07, 6.45) is -0.0570. The number of carbonyl (C=O) groups is 1. The molecular weight excluding hydrogens is 483 g/mol. The predicted octanol–water partition coefficient (Wildman–Crippen LogP) is 6.57. The fourth-order valence-corrected chi connectivity index (χ4v) is 3.93. The van der Waals surface area contributed by atoms with E-state index in [1.54, 1.807) is 30.3 Å². The van der Waals surface area contributed by atoms with E-state index in [1.807, 2.05) is 0 Å². The first-order chi connectivity index (χ1) is 16.7. The molecule has 0 radical (unpaired) electrons. The first-order valence-corrected chi connectivity index (χ1v) is 11.4. The second-order valence-electron chi connectivity index (χ2n) is 8.14. The molecular formula is C24H23ClF3N5O2. The van der Waals surface area contributed by atoms with Gasteiger partial charge in [-0.1, -0.05) is 18.0 Å². The molecule has 2 N–H and O–H groups in total. The largest absolute Gasteiger partial charge is 0.439 e. The van der Waals surface area contributed by atoms with Crippen molar-refractivity contribution >= 4 is 29.0 Å². The molecule has 0 saturated carbocycles. The highest BCUT2D eigenvalue weighted by molar-refractivity contribution is 6.29. The Kier molecular flexibility index (Phi) is 7.72. The van der Waals surface area contributed by atoms with Gasteiger partial charge in [-0.15, -0.1) is 0 Å². The van der Waals surface area contributed by atoms with Gasteiger partial charge in [-0.3, -0.25) is 4.90 Å². The highest BCUT2D eigenvalue weighted by atomic mass is 35.5. The van der Waals surface area contributed by atoms with E-state index >= 15 is 0 Å². The number of rotatable bonds is 6. The molecule has 0 spiro atoms. The van der Waals surface area contributed by atoms with Crippen molar-refractivity contribution in [2.24, 2.45) is 0 Å². The Bertz CT molecular complexity index is 1170. The molecule has 1 aromatic heterocycles. The number of halogens is 4. The third-order valence-corrected chi connectivity index (χ3v) is 5.58. The molecule has 11 heteroatoms. The van der Waals surface area contributed by atoms with Crippen LogP contribution in [0.1, 0.15) is 30.4 Å². The molecule has 2 amide bonds. The summed E-state index contributed by atoms with van der Waals surface area (Å²) in [5.74, 6) is 0.708. The van der Waals surface area contributed by atoms with E-state index in [1.165, 1.54) is 12.4 Å². The minimum absolute atomic E-state index is 0.0740. The van der Waals surface area contributed by atoms with Crippen LogP contribution in [0.5, 0.6) is 11.6 Å². The number of nitrogens with one attached hydrogen (secondary N) is 2. The second-order valence-corrected chi connectivity index (χ2v) is 8.52. The number of nitrogens with zero attached hydrogens (tertiary/aromatic N) is 3. The highest BCUT2D eigenvalue weighted by Crippen LogP contribution is 2.33. The summed E-state index contributed by atoms with van der Waals surface area (Å²) in [5.41, 5.74) is 0.206. The van der Waals surface area contributed by atoms with Crippen LogP contribution in [0, 0.1) is 0 Å². The molecule has 184 valence electrons. The number of carbonyl (C=O) groups excluding carboxylic acids is 1. The monoisotopic (exact) mass is 505 g/mol. The number of anilines is 2. The van der Waals surface area contributed by atoms with Gasteiger partial charge in [0.1, 0.15) is 17.2 Å². The van der Waals surface area contributed by atoms with E-state index in [-0.39, 0.29) is 16.7 Å². The zero-order chi connectivity index (χ0) is 24.8. The lowest BCUT2D eigenvalue weighted by Gasteiger charge is -2.27. The minimum Gasteiger partial charge on any atom is -0.439 e. The first kappa shape index (κ1) is 24.7. The van der Waals surface area contributed by atoms with E-state index in [2.05, 4.69) is 25.5 Å². The van der Waals surface area contributed by atoms with Crippen LogP contribution in [-0.2, 0) is 12.7 Å². The van der Waals surface area contributed by atoms with E-state index < -0.39 is 17.8 Å². The molecule has 2 aromatic carbocycles. The van der Waals surface area contributed by atoms with E-state index in [0.717, 1.165) is 44.5 Å². The van der Waals surface area contributed by atoms with Gasteiger partial charge in [0.15, 0.2) is 0 Å². The number of hydrogen-bond donors (Lipinski definition) is 2. The number of benzene rings is 2. The van der Waals surface area contributed by atoms with Crippen molar-refractivity contribution in [1.82, 2.24) is 14.9 Å². The number of urea groups is 1. The van der Waals surface area contributed by atoms with Crippen molar-refractivity contribution in [1.29, 1.82) is 0 Å². The summed E-state index contributed by atoms with van der Waals surface area (Å²) in [7, 11) is 0. The van der Waals surface area contributed by atoms with Crippen LogP contribution in [0.4, 0.5) is 29.3 Å². The maximum atomic E-state index is 13.5. The van der Waals surface area contributed by atoms with E-state index in [9.17, 15) is 18.0 Å². The van der Waals surface area contributed by atoms with Gasteiger partial charge in [-0.05, 0) is 74.0 Å². The number of alkyl halides is 3. The summed E-state index contributed by atoms with van der Waals surface area (Å²) < 4.78 is 45.9. The number of piperidine rings is 1. The van der Waals surface area contributed by atoms with Gasteiger partial charge in [0, 0.05) is 24.0 Å². The van der Waals surface area contributed by atoms with Gasteiger partial charge in [0.25, 0.3) is 0 Å². The lowest BCUT2D eigenvalue weighted by molar-refractivity contribution is -0.137. The molecule has 1 fully saturated rings. The third-order valence-electron chi connectivity index (χ3n) is 5.38. The minimum atomic E-state index is -4.52. The molecule has 0 aliphatic carbocycles. The SMILES string of the molecule is O=C(Nc1ccc(Oc2cc(Cl)ncn2)cc1)Nc1cc(CN2CCCCC2)cc(C(F)(F)F)c1. The third kappa shape index (κ3) is 7.30. The summed E-state index contributed by atoms with van der Waals surface area (Å²) in [6.45, 7) is 2.10. The first-order valence-electron chi connectivity index (χ1n) is 11.0. The fourth-order valence-electron chi connectivity index (χ4n) is 3.79. The quantitative estimate of drug-likeness (QED) is 0.370. The number of amides is 2. The van der Waals surface area contributed by atoms with Crippen molar-refractivity contribution < 1.29 is 22.7 Å². The summed E-state index contributed by atoms with van der Waals surface area (Å²) in [4.78, 5) is 22.3. The predicted molar refractivity (Wildman–Crippen MR) is 127 cm³/mol. The van der Waals surface area contributed by atoms with Crippen LogP contribution >= 0.6 is 11.6 Å². The fraction of sp³-hybridized carbons (Fsp3) is 0.292. The van der Waals surface area contributed by atoms with E-state index in [0.29, 0.717) is 23.5 Å². The summed E-state index contributed by atoms with van der Waals surface area (Å²) in [5, 5.41) is 5.35. The Morgan fingerprint density at radius 2 is 1.69 bits per heavy atom. The van der Waals surface area contributed by atoms with Crippen LogP contribution in [0.25, 0.3) is 0 Å². The topological polar surface area (TPSA) is 79.4 Å². The van der Waals surface area contributed by atoms with Crippen LogP contribution in [-0.4, -0.2) is 34.0 Å². The van der Waals surface area contributed by atoms with Crippen molar-refractivity contribution in [3.05, 3.63) is 71.1 Å². The summed E-state index contributed by atoms with van der Waals surface area (Å²) in [6, 6.07) is 10.8. The van der Waals surface area contributed by atoms with Gasteiger partial charge < -0.3 is 15.4 Å². The molecule has 1 aliphatic heterocycles. The highest BCUT2D eigenvalue weighted by Gasteiger charge is 2.31. The molecule has 3 aromatic rings. The van der Waals surface area contributed by atoms with E-state index in [4.69, 9.17) is 16.3 Å². The second kappa shape index (κ2) is 10.9. The standard InChI is InChI=1S/C24H23ClF3N5O2/c25-21-13-22(30-15-29-21)35-20-6-4-18(5-7-20)31-23(34)32-19-11-16(10-17(12-19)24(26,27)28)14-33-8-2-1-3-9-33/h4-7,10-13,15H,1-3,8-9,14H2,(H2,31,32,34). The van der Waals surface area contributed by atoms with Crippen LogP contribution in [0.15, 0.2) is 54.9 Å². The number of aromatic nitrogens is 2. The van der Waals surface area contributed by atoms with Gasteiger partial charge in [0.2, 0.25) is 5.88 Å². The van der Waals surface area contributed by atoms with Gasteiger partial charge in [-0.2, -0.15) is 13.2 Å². The van der Waals surface area contributed by atoms with Crippen molar-refractivity contribution in [3.63, 3.8) is 0 Å². The average Bonchev–Trinajstić information content (AvgIpc) is 2.80. The van der Waals surface area contributed by atoms with Crippen LogP contribution < -0.4 is 15.4 Å². The molecule has 0 atom stereocenters. The summed E-state index contributed by atoms with van der Waals surface area (Å²) >= 11 is 5.80. The molecule has 2 heterocycles. The smallest absolute Gasteiger partial charge is 0.416 e. The molecule has 1 saturated heterocycles. The van der Waals surface area contributed by atoms with Gasteiger partial charge in [0.05, 0.1) is 5.56 Å². The molecule has 0 bridgehead atoms. The molecule has 4 rings (SSSR count). The van der Waals surface area contributed by atoms with Crippen molar-refractivity contribution in [2.45, 2.75) is 32.0 Å². The van der Waals surface area contributed by atoms with Gasteiger partial charge >= 0.3 is 12.2 Å². The zero-order valence-corrected chi connectivity index (χ0v) is 19.4.